The Kier molecular flexibility index (Phi) is 5.99. The molecule has 0 aliphatic carbocycles. The van der Waals surface area contributed by atoms with Crippen LogP contribution in [0.1, 0.15) is 29.9 Å². The highest BCUT2D eigenvalue weighted by molar-refractivity contribution is 5.92. The van der Waals surface area contributed by atoms with E-state index in [0.717, 1.165) is 11.3 Å². The molecule has 1 heterocycles. The van der Waals surface area contributed by atoms with E-state index in [1.807, 2.05) is 68.4 Å². The number of rotatable bonds is 7. The number of amides is 1. The van der Waals surface area contributed by atoms with Crippen molar-refractivity contribution in [2.75, 3.05) is 5.32 Å². The van der Waals surface area contributed by atoms with Crippen LogP contribution in [0.2, 0.25) is 0 Å². The summed E-state index contributed by atoms with van der Waals surface area (Å²) in [4.78, 5) is 20.9. The van der Waals surface area contributed by atoms with Gasteiger partial charge in [0, 0.05) is 12.7 Å². The summed E-state index contributed by atoms with van der Waals surface area (Å²) < 4.78 is 5.79. The van der Waals surface area contributed by atoms with E-state index in [4.69, 9.17) is 4.74 Å². The van der Waals surface area contributed by atoms with E-state index in [1.165, 1.54) is 0 Å². The molecule has 2 aromatic carbocycles. The fourth-order valence-electron chi connectivity index (χ4n) is 2.46. The second kappa shape index (κ2) is 8.80. The normalized spacial score (nSPS) is 10.5. The third-order valence-electron chi connectivity index (χ3n) is 3.68. The first-order chi connectivity index (χ1) is 13.1. The van der Waals surface area contributed by atoms with E-state index in [9.17, 15) is 4.79 Å². The van der Waals surface area contributed by atoms with Gasteiger partial charge >= 0.3 is 0 Å². The summed E-state index contributed by atoms with van der Waals surface area (Å²) in [6.07, 6.45) is 1.60. The van der Waals surface area contributed by atoms with Crippen molar-refractivity contribution in [3.8, 4) is 5.75 Å². The number of anilines is 2. The monoisotopic (exact) mass is 362 g/mol. The summed E-state index contributed by atoms with van der Waals surface area (Å²) in [5.41, 5.74) is 2.07. The van der Waals surface area contributed by atoms with Crippen LogP contribution in [0.15, 0.2) is 66.9 Å². The zero-order valence-electron chi connectivity index (χ0n) is 15.3. The SMILES string of the molecule is CC(C)Oc1ccccc1Nc1nccc(C(=O)NCc2ccccc2)n1. The van der Waals surface area contributed by atoms with Gasteiger partial charge in [0.2, 0.25) is 5.95 Å². The molecule has 0 bridgehead atoms. The summed E-state index contributed by atoms with van der Waals surface area (Å²) in [7, 11) is 0. The summed E-state index contributed by atoms with van der Waals surface area (Å²) in [6.45, 7) is 4.37. The molecule has 0 aliphatic rings. The van der Waals surface area contributed by atoms with Crippen LogP contribution >= 0.6 is 0 Å². The molecule has 0 radical (unpaired) electrons. The Balaban J connectivity index is 1.69. The molecule has 0 atom stereocenters. The minimum Gasteiger partial charge on any atom is -0.489 e. The molecule has 0 aliphatic heterocycles. The van der Waals surface area contributed by atoms with Crippen LogP contribution in [0.4, 0.5) is 11.6 Å². The van der Waals surface area contributed by atoms with Crippen molar-refractivity contribution in [3.05, 3.63) is 78.1 Å². The first-order valence-corrected chi connectivity index (χ1v) is 8.79. The van der Waals surface area contributed by atoms with Gasteiger partial charge in [0.05, 0.1) is 11.8 Å². The first-order valence-electron chi connectivity index (χ1n) is 8.79. The lowest BCUT2D eigenvalue weighted by atomic mass is 10.2. The molecule has 27 heavy (non-hydrogen) atoms. The zero-order chi connectivity index (χ0) is 19.1. The van der Waals surface area contributed by atoms with Crippen LogP contribution in [0.5, 0.6) is 5.75 Å². The first kappa shape index (κ1) is 18.4. The summed E-state index contributed by atoms with van der Waals surface area (Å²) in [6, 6.07) is 18.9. The van der Waals surface area contributed by atoms with Crippen molar-refractivity contribution >= 4 is 17.5 Å². The van der Waals surface area contributed by atoms with E-state index < -0.39 is 0 Å². The summed E-state index contributed by atoms with van der Waals surface area (Å²) in [5, 5.41) is 5.98. The van der Waals surface area contributed by atoms with Crippen LogP contribution in [0.25, 0.3) is 0 Å². The molecular formula is C21H22N4O2. The molecule has 6 nitrogen and oxygen atoms in total. The van der Waals surface area contributed by atoms with Crippen molar-refractivity contribution in [2.24, 2.45) is 0 Å². The molecule has 0 saturated heterocycles. The third kappa shape index (κ3) is 5.28. The minimum absolute atomic E-state index is 0.0453. The number of aromatic nitrogens is 2. The van der Waals surface area contributed by atoms with Gasteiger partial charge in [0.15, 0.2) is 0 Å². The lowest BCUT2D eigenvalue weighted by Crippen LogP contribution is -2.24. The van der Waals surface area contributed by atoms with Gasteiger partial charge in [0.25, 0.3) is 5.91 Å². The number of carbonyl (C=O) groups excluding carboxylic acids is 1. The van der Waals surface area contributed by atoms with Gasteiger partial charge < -0.3 is 15.4 Å². The van der Waals surface area contributed by atoms with Gasteiger partial charge in [-0.1, -0.05) is 42.5 Å². The van der Waals surface area contributed by atoms with Crippen molar-refractivity contribution in [3.63, 3.8) is 0 Å². The van der Waals surface area contributed by atoms with E-state index in [-0.39, 0.29) is 12.0 Å². The Bertz CT molecular complexity index is 897. The maximum Gasteiger partial charge on any atom is 0.270 e. The quantitative estimate of drug-likeness (QED) is 0.666. The van der Waals surface area contributed by atoms with Crippen molar-refractivity contribution in [1.82, 2.24) is 15.3 Å². The molecule has 0 unspecified atom stereocenters. The average molecular weight is 362 g/mol. The maximum atomic E-state index is 12.4. The number of nitrogens with one attached hydrogen (secondary N) is 2. The highest BCUT2D eigenvalue weighted by Crippen LogP contribution is 2.26. The highest BCUT2D eigenvalue weighted by atomic mass is 16.5. The predicted octanol–water partition coefficient (Wildman–Crippen LogP) is 3.94. The van der Waals surface area contributed by atoms with Gasteiger partial charge in [-0.3, -0.25) is 4.79 Å². The van der Waals surface area contributed by atoms with Crippen molar-refractivity contribution in [2.45, 2.75) is 26.5 Å². The lowest BCUT2D eigenvalue weighted by Gasteiger charge is -2.14. The van der Waals surface area contributed by atoms with Crippen molar-refractivity contribution < 1.29 is 9.53 Å². The molecule has 3 aromatic rings. The number of benzene rings is 2. The van der Waals surface area contributed by atoms with E-state index >= 15 is 0 Å². The summed E-state index contributed by atoms with van der Waals surface area (Å²) in [5.74, 6) is 0.785. The Morgan fingerprint density at radius 2 is 1.78 bits per heavy atom. The molecule has 1 amide bonds. The highest BCUT2D eigenvalue weighted by Gasteiger charge is 2.11. The number of para-hydroxylation sites is 2. The van der Waals surface area contributed by atoms with E-state index in [1.54, 1.807) is 12.3 Å². The van der Waals surface area contributed by atoms with Gasteiger partial charge in [-0.15, -0.1) is 0 Å². The summed E-state index contributed by atoms with van der Waals surface area (Å²) >= 11 is 0. The van der Waals surface area contributed by atoms with Crippen LogP contribution in [0, 0.1) is 0 Å². The van der Waals surface area contributed by atoms with Crippen LogP contribution in [-0.4, -0.2) is 22.0 Å². The van der Waals surface area contributed by atoms with Gasteiger partial charge in [-0.05, 0) is 37.6 Å². The number of carbonyl (C=O) groups is 1. The Hall–Kier alpha value is -3.41. The zero-order valence-corrected chi connectivity index (χ0v) is 15.3. The van der Waals surface area contributed by atoms with Crippen molar-refractivity contribution in [1.29, 1.82) is 0 Å². The number of nitrogens with zero attached hydrogens (tertiary/aromatic N) is 2. The molecule has 0 spiro atoms. The predicted molar refractivity (Wildman–Crippen MR) is 105 cm³/mol. The number of ether oxygens (including phenoxy) is 1. The molecule has 0 saturated carbocycles. The molecule has 138 valence electrons. The van der Waals surface area contributed by atoms with Gasteiger partial charge in [0.1, 0.15) is 11.4 Å². The maximum absolute atomic E-state index is 12.4. The Morgan fingerprint density at radius 3 is 2.56 bits per heavy atom. The molecule has 3 rings (SSSR count). The molecule has 1 aromatic heterocycles. The second-order valence-corrected chi connectivity index (χ2v) is 6.22. The topological polar surface area (TPSA) is 76.1 Å². The van der Waals surface area contributed by atoms with Gasteiger partial charge in [-0.25, -0.2) is 9.97 Å². The van der Waals surface area contributed by atoms with Crippen LogP contribution in [-0.2, 0) is 6.54 Å². The minimum atomic E-state index is -0.254. The van der Waals surface area contributed by atoms with Gasteiger partial charge in [-0.2, -0.15) is 0 Å². The second-order valence-electron chi connectivity index (χ2n) is 6.22. The van der Waals surface area contributed by atoms with Crippen LogP contribution in [0.3, 0.4) is 0 Å². The van der Waals surface area contributed by atoms with E-state index in [2.05, 4.69) is 20.6 Å². The third-order valence-corrected chi connectivity index (χ3v) is 3.68. The Morgan fingerprint density at radius 1 is 1.04 bits per heavy atom. The molecule has 0 fully saturated rings. The lowest BCUT2D eigenvalue weighted by molar-refractivity contribution is 0.0946. The van der Waals surface area contributed by atoms with E-state index in [0.29, 0.717) is 23.9 Å². The number of hydrogen-bond donors (Lipinski definition) is 2. The number of hydrogen-bond acceptors (Lipinski definition) is 5. The molecular weight excluding hydrogens is 340 g/mol. The molecule has 6 heteroatoms. The molecule has 2 N–H and O–H groups in total. The standard InChI is InChI=1S/C21H22N4O2/c1-15(2)27-19-11-7-6-10-17(19)24-21-22-13-12-18(25-21)20(26)23-14-16-8-4-3-5-9-16/h3-13,15H,14H2,1-2H3,(H,23,26)(H,22,24,25). The van der Waals surface area contributed by atoms with Crippen LogP contribution < -0.4 is 15.4 Å². The Labute approximate surface area is 158 Å². The smallest absolute Gasteiger partial charge is 0.270 e. The fourth-order valence-corrected chi connectivity index (χ4v) is 2.46. The fraction of sp³-hybridized carbons (Fsp3) is 0.190. The average Bonchev–Trinajstić information content (AvgIpc) is 2.68. The largest absolute Gasteiger partial charge is 0.489 e.